The molecular weight excluding hydrogens is 256 g/mol. The second-order valence-electron chi connectivity index (χ2n) is 5.86. The Morgan fingerprint density at radius 3 is 2.60 bits per heavy atom. The lowest BCUT2D eigenvalue weighted by Crippen LogP contribution is -2.45. The molecule has 0 bridgehead atoms. The van der Waals surface area contributed by atoms with Crippen molar-refractivity contribution in [2.75, 3.05) is 7.11 Å². The molecule has 0 aromatic carbocycles. The molecule has 1 aliphatic rings. The molecule has 3 atom stereocenters. The summed E-state index contributed by atoms with van der Waals surface area (Å²) in [6, 6.07) is 0. The van der Waals surface area contributed by atoms with E-state index < -0.39 is 0 Å². The molecule has 0 unspecified atom stereocenters. The SMILES string of the molecule is CCCCC[C@]1(CC)C[C@H](CC)[C@H](CC(=O)OC)OO1. The summed E-state index contributed by atoms with van der Waals surface area (Å²) in [4.78, 5) is 22.8. The van der Waals surface area contributed by atoms with Gasteiger partial charge in [-0.1, -0.05) is 46.5 Å². The van der Waals surface area contributed by atoms with E-state index in [2.05, 4.69) is 20.8 Å². The molecule has 20 heavy (non-hydrogen) atoms. The minimum Gasteiger partial charge on any atom is -0.469 e. The summed E-state index contributed by atoms with van der Waals surface area (Å²) in [5.74, 6) is 0.136. The Morgan fingerprint density at radius 1 is 1.30 bits per heavy atom. The summed E-state index contributed by atoms with van der Waals surface area (Å²) in [5, 5.41) is 0. The molecule has 1 saturated heterocycles. The molecule has 1 rings (SSSR count). The van der Waals surface area contributed by atoms with Gasteiger partial charge in [0.15, 0.2) is 0 Å². The van der Waals surface area contributed by atoms with Gasteiger partial charge in [0.05, 0.1) is 13.5 Å². The third kappa shape index (κ3) is 4.74. The molecule has 4 nitrogen and oxygen atoms in total. The van der Waals surface area contributed by atoms with Gasteiger partial charge >= 0.3 is 5.97 Å². The zero-order valence-corrected chi connectivity index (χ0v) is 13.4. The molecule has 0 aromatic heterocycles. The van der Waals surface area contributed by atoms with Crippen LogP contribution in [0.3, 0.4) is 0 Å². The highest BCUT2D eigenvalue weighted by Gasteiger charge is 2.42. The van der Waals surface area contributed by atoms with Crippen LogP contribution >= 0.6 is 0 Å². The molecule has 1 heterocycles. The van der Waals surface area contributed by atoms with Crippen molar-refractivity contribution in [2.45, 2.75) is 83.8 Å². The second kappa shape index (κ2) is 8.63. The smallest absolute Gasteiger partial charge is 0.308 e. The Kier molecular flexibility index (Phi) is 7.52. The molecule has 0 spiro atoms. The third-order valence-electron chi connectivity index (χ3n) is 4.51. The van der Waals surface area contributed by atoms with Crippen LogP contribution in [0.1, 0.15) is 72.1 Å². The summed E-state index contributed by atoms with van der Waals surface area (Å²) in [7, 11) is 1.41. The molecule has 0 aromatic rings. The maximum Gasteiger partial charge on any atom is 0.308 e. The maximum atomic E-state index is 11.4. The molecule has 0 aliphatic carbocycles. The van der Waals surface area contributed by atoms with Crippen molar-refractivity contribution in [1.29, 1.82) is 0 Å². The molecule has 0 amide bonds. The first-order valence-corrected chi connectivity index (χ1v) is 8.02. The van der Waals surface area contributed by atoms with E-state index in [1.54, 1.807) is 0 Å². The van der Waals surface area contributed by atoms with Gasteiger partial charge in [-0.05, 0) is 25.2 Å². The van der Waals surface area contributed by atoms with Gasteiger partial charge in [0.1, 0.15) is 11.7 Å². The van der Waals surface area contributed by atoms with E-state index in [9.17, 15) is 4.79 Å². The van der Waals surface area contributed by atoms with Gasteiger partial charge in [0.25, 0.3) is 0 Å². The van der Waals surface area contributed by atoms with Crippen LogP contribution in [0.2, 0.25) is 0 Å². The molecule has 0 radical (unpaired) electrons. The van der Waals surface area contributed by atoms with Gasteiger partial charge in [-0.3, -0.25) is 4.79 Å². The zero-order chi connectivity index (χ0) is 15.0. The van der Waals surface area contributed by atoms with Gasteiger partial charge in [-0.25, -0.2) is 9.78 Å². The predicted molar refractivity (Wildman–Crippen MR) is 78.2 cm³/mol. The average Bonchev–Trinajstić information content (AvgIpc) is 2.48. The van der Waals surface area contributed by atoms with E-state index in [4.69, 9.17) is 14.5 Å². The van der Waals surface area contributed by atoms with Crippen LogP contribution in [0, 0.1) is 5.92 Å². The van der Waals surface area contributed by atoms with Gasteiger partial charge in [0.2, 0.25) is 0 Å². The van der Waals surface area contributed by atoms with Crippen LogP contribution in [0.15, 0.2) is 0 Å². The topological polar surface area (TPSA) is 44.8 Å². The van der Waals surface area contributed by atoms with Crippen LogP contribution in [0.25, 0.3) is 0 Å². The maximum absolute atomic E-state index is 11.4. The van der Waals surface area contributed by atoms with Crippen molar-refractivity contribution in [2.24, 2.45) is 5.92 Å². The first-order valence-electron chi connectivity index (χ1n) is 8.02. The van der Waals surface area contributed by atoms with Crippen molar-refractivity contribution in [3.05, 3.63) is 0 Å². The molecule has 4 heteroatoms. The van der Waals surface area contributed by atoms with Crippen molar-refractivity contribution < 1.29 is 19.3 Å². The molecule has 1 aliphatic heterocycles. The summed E-state index contributed by atoms with van der Waals surface area (Å²) in [6.45, 7) is 6.51. The summed E-state index contributed by atoms with van der Waals surface area (Å²) in [5.41, 5.74) is -0.164. The number of esters is 1. The van der Waals surface area contributed by atoms with Crippen molar-refractivity contribution in [3.63, 3.8) is 0 Å². The number of unbranched alkanes of at least 4 members (excludes halogenated alkanes) is 2. The Morgan fingerprint density at radius 2 is 2.05 bits per heavy atom. The number of hydrogen-bond acceptors (Lipinski definition) is 4. The van der Waals surface area contributed by atoms with E-state index in [0.717, 1.165) is 25.7 Å². The normalized spacial score (nSPS) is 30.2. The minimum absolute atomic E-state index is 0.164. The van der Waals surface area contributed by atoms with Crippen LogP contribution in [-0.2, 0) is 19.3 Å². The largest absolute Gasteiger partial charge is 0.469 e. The van der Waals surface area contributed by atoms with Crippen LogP contribution in [-0.4, -0.2) is 24.8 Å². The van der Waals surface area contributed by atoms with E-state index in [1.807, 2.05) is 0 Å². The van der Waals surface area contributed by atoms with Crippen LogP contribution in [0.4, 0.5) is 0 Å². The molecule has 1 fully saturated rings. The Hall–Kier alpha value is -0.610. The number of rotatable bonds is 8. The first-order chi connectivity index (χ1) is 9.60. The lowest BCUT2D eigenvalue weighted by molar-refractivity contribution is -0.423. The second-order valence-corrected chi connectivity index (χ2v) is 5.86. The summed E-state index contributed by atoms with van der Waals surface area (Å²) < 4.78 is 4.73. The average molecular weight is 286 g/mol. The Bertz CT molecular complexity index is 292. The molecule has 0 N–H and O–H groups in total. The van der Waals surface area contributed by atoms with E-state index in [0.29, 0.717) is 5.92 Å². The van der Waals surface area contributed by atoms with Gasteiger partial charge in [0, 0.05) is 0 Å². The fraction of sp³-hybridized carbons (Fsp3) is 0.938. The van der Waals surface area contributed by atoms with Gasteiger partial charge in [-0.15, -0.1) is 0 Å². The van der Waals surface area contributed by atoms with Crippen LogP contribution in [0.5, 0.6) is 0 Å². The number of carbonyl (C=O) groups excluding carboxylic acids is 1. The Balaban J connectivity index is 2.60. The van der Waals surface area contributed by atoms with Crippen molar-refractivity contribution >= 4 is 5.97 Å². The molecular formula is C16H30O4. The summed E-state index contributed by atoms with van der Waals surface area (Å²) in [6.07, 6.45) is 7.70. The van der Waals surface area contributed by atoms with E-state index in [-0.39, 0.29) is 24.1 Å². The van der Waals surface area contributed by atoms with E-state index >= 15 is 0 Å². The van der Waals surface area contributed by atoms with Crippen LogP contribution < -0.4 is 0 Å². The quantitative estimate of drug-likeness (QED) is 0.384. The molecule has 118 valence electrons. The predicted octanol–water partition coefficient (Wildman–Crippen LogP) is 4.03. The first kappa shape index (κ1) is 17.4. The molecule has 0 saturated carbocycles. The lowest BCUT2D eigenvalue weighted by atomic mass is 9.79. The zero-order valence-electron chi connectivity index (χ0n) is 13.4. The van der Waals surface area contributed by atoms with Gasteiger partial charge in [-0.2, -0.15) is 0 Å². The number of carbonyl (C=O) groups is 1. The lowest BCUT2D eigenvalue weighted by Gasteiger charge is -2.42. The highest BCUT2D eigenvalue weighted by Crippen LogP contribution is 2.39. The fourth-order valence-corrected chi connectivity index (χ4v) is 2.96. The minimum atomic E-state index is -0.230. The van der Waals surface area contributed by atoms with Crippen molar-refractivity contribution in [1.82, 2.24) is 0 Å². The highest BCUT2D eigenvalue weighted by molar-refractivity contribution is 5.69. The number of ether oxygens (including phenoxy) is 1. The number of hydrogen-bond donors (Lipinski definition) is 0. The third-order valence-corrected chi connectivity index (χ3v) is 4.51. The standard InChI is InChI=1S/C16H30O4/c1-5-8-9-10-16(7-3)12-13(6-2)14(19-20-16)11-15(17)18-4/h13-14H,5-12H2,1-4H3/t13-,14-,16+/m0/s1. The van der Waals surface area contributed by atoms with E-state index in [1.165, 1.54) is 26.4 Å². The summed E-state index contributed by atoms with van der Waals surface area (Å²) >= 11 is 0. The number of methoxy groups -OCH3 is 1. The van der Waals surface area contributed by atoms with Crippen molar-refractivity contribution in [3.8, 4) is 0 Å². The Labute approximate surface area is 123 Å². The highest BCUT2D eigenvalue weighted by atomic mass is 17.2. The fourth-order valence-electron chi connectivity index (χ4n) is 2.96. The van der Waals surface area contributed by atoms with Gasteiger partial charge < -0.3 is 4.74 Å². The monoisotopic (exact) mass is 286 g/mol.